The number of aldehydes is 1. The van der Waals surface area contributed by atoms with Crippen LogP contribution in [-0.2, 0) is 9.59 Å². The fourth-order valence-corrected chi connectivity index (χ4v) is 1.08. The molecular weight excluding hydrogens is 154 g/mol. The average molecular weight is 171 g/mol. The van der Waals surface area contributed by atoms with Gasteiger partial charge in [-0.2, -0.15) is 0 Å². The Bertz CT molecular complexity index is 155. The van der Waals surface area contributed by atoms with Crippen LogP contribution in [0.3, 0.4) is 0 Å². The van der Waals surface area contributed by atoms with E-state index in [4.69, 9.17) is 0 Å². The lowest BCUT2D eigenvalue weighted by Gasteiger charge is -2.16. The van der Waals surface area contributed by atoms with Gasteiger partial charge in [-0.1, -0.05) is 27.2 Å². The monoisotopic (exact) mass is 171 g/mol. The van der Waals surface area contributed by atoms with Gasteiger partial charge in [-0.05, 0) is 6.42 Å². The Hall–Kier alpha value is -0.700. The molecule has 1 atom stereocenters. The first-order valence-electron chi connectivity index (χ1n) is 4.36. The van der Waals surface area contributed by atoms with Gasteiger partial charge >= 0.3 is 0 Å². The smallest absolute Gasteiger partial charge is 0.212 e. The van der Waals surface area contributed by atoms with Gasteiger partial charge in [0.1, 0.15) is 0 Å². The minimum atomic E-state index is -0.342. The van der Waals surface area contributed by atoms with Gasteiger partial charge < -0.3 is 5.32 Å². The largest absolute Gasteiger partial charge is 0.305 e. The van der Waals surface area contributed by atoms with Crippen LogP contribution < -0.4 is 5.32 Å². The third-order valence-electron chi connectivity index (χ3n) is 1.57. The van der Waals surface area contributed by atoms with Crippen LogP contribution in [0.15, 0.2) is 0 Å². The minimum absolute atomic E-state index is 0.241. The van der Waals surface area contributed by atoms with E-state index in [1.165, 1.54) is 0 Å². The highest BCUT2D eigenvalue weighted by molar-refractivity contribution is 6.27. The summed E-state index contributed by atoms with van der Waals surface area (Å²) in [7, 11) is 0. The molecule has 70 valence electrons. The van der Waals surface area contributed by atoms with Crippen LogP contribution >= 0.6 is 0 Å². The Kier molecular flexibility index (Phi) is 5.54. The predicted molar refractivity (Wildman–Crippen MR) is 48.0 cm³/mol. The summed E-state index contributed by atoms with van der Waals surface area (Å²) < 4.78 is 0. The molecule has 0 rings (SSSR count). The van der Waals surface area contributed by atoms with E-state index in [0.717, 1.165) is 12.8 Å². The molecule has 0 amide bonds. The van der Waals surface area contributed by atoms with Crippen molar-refractivity contribution in [1.82, 2.24) is 5.32 Å². The summed E-state index contributed by atoms with van der Waals surface area (Å²) in [6, 6.07) is -0.0436. The van der Waals surface area contributed by atoms with E-state index >= 15 is 0 Å². The first-order chi connectivity index (χ1) is 5.61. The summed E-state index contributed by atoms with van der Waals surface area (Å²) in [5.74, 6) is -0.342. The van der Waals surface area contributed by atoms with Crippen LogP contribution in [0.5, 0.6) is 0 Å². The fourth-order valence-electron chi connectivity index (χ4n) is 1.08. The lowest BCUT2D eigenvalue weighted by atomic mass is 10.1. The summed E-state index contributed by atoms with van der Waals surface area (Å²) in [6.07, 6.45) is 2.04. The summed E-state index contributed by atoms with van der Waals surface area (Å²) in [5.41, 5.74) is 0. The second kappa shape index (κ2) is 5.89. The van der Waals surface area contributed by atoms with Crippen LogP contribution in [0.1, 0.15) is 33.6 Å². The number of Topliss-reactive ketones (excluding diaryl/α,β-unsaturated/α-hetero) is 1. The summed E-state index contributed by atoms with van der Waals surface area (Å²) in [5, 5.41) is 3.05. The van der Waals surface area contributed by atoms with E-state index in [2.05, 4.69) is 5.32 Å². The van der Waals surface area contributed by atoms with E-state index in [9.17, 15) is 9.59 Å². The van der Waals surface area contributed by atoms with Gasteiger partial charge in [0.15, 0.2) is 6.29 Å². The van der Waals surface area contributed by atoms with Gasteiger partial charge in [-0.3, -0.25) is 9.59 Å². The Morgan fingerprint density at radius 2 is 2.08 bits per heavy atom. The zero-order valence-electron chi connectivity index (χ0n) is 7.96. The number of nitrogens with one attached hydrogen (secondary N) is 1. The van der Waals surface area contributed by atoms with Gasteiger partial charge in [-0.15, -0.1) is 0 Å². The molecule has 1 N–H and O–H groups in total. The molecule has 0 fully saturated rings. The van der Waals surface area contributed by atoms with Crippen molar-refractivity contribution >= 4 is 12.1 Å². The normalized spacial score (nSPS) is 13.0. The zero-order valence-corrected chi connectivity index (χ0v) is 7.96. The Morgan fingerprint density at radius 3 is 2.42 bits per heavy atom. The SMILES string of the molecule is CCCC(NC(C)C)C(=O)C=O. The van der Waals surface area contributed by atoms with E-state index in [1.807, 2.05) is 20.8 Å². The lowest BCUT2D eigenvalue weighted by molar-refractivity contribution is -0.131. The van der Waals surface area contributed by atoms with Crippen molar-refractivity contribution in [3.05, 3.63) is 0 Å². The second-order valence-corrected chi connectivity index (χ2v) is 3.18. The highest BCUT2D eigenvalue weighted by atomic mass is 16.2. The summed E-state index contributed by atoms with van der Waals surface area (Å²) in [4.78, 5) is 21.2. The van der Waals surface area contributed by atoms with Crippen LogP contribution in [0.25, 0.3) is 0 Å². The first kappa shape index (κ1) is 11.3. The first-order valence-corrected chi connectivity index (χ1v) is 4.36. The second-order valence-electron chi connectivity index (χ2n) is 3.18. The molecule has 1 unspecified atom stereocenters. The number of carbonyl (C=O) groups is 2. The van der Waals surface area contributed by atoms with Crippen molar-refractivity contribution in [2.45, 2.75) is 45.7 Å². The third kappa shape index (κ3) is 4.23. The van der Waals surface area contributed by atoms with Gasteiger partial charge in [0.25, 0.3) is 0 Å². The van der Waals surface area contributed by atoms with Crippen molar-refractivity contribution in [2.24, 2.45) is 0 Å². The van der Waals surface area contributed by atoms with Gasteiger partial charge in [0.2, 0.25) is 5.78 Å². The van der Waals surface area contributed by atoms with Crippen molar-refractivity contribution in [3.8, 4) is 0 Å². The fraction of sp³-hybridized carbons (Fsp3) is 0.778. The molecule has 0 bridgehead atoms. The highest BCUT2D eigenvalue weighted by Crippen LogP contribution is 1.98. The van der Waals surface area contributed by atoms with Crippen molar-refractivity contribution in [2.75, 3.05) is 0 Å². The highest BCUT2D eigenvalue weighted by Gasteiger charge is 2.16. The maximum Gasteiger partial charge on any atom is 0.212 e. The summed E-state index contributed by atoms with van der Waals surface area (Å²) >= 11 is 0. The number of hydrogen-bond acceptors (Lipinski definition) is 3. The molecule has 3 heteroatoms. The van der Waals surface area contributed by atoms with Gasteiger partial charge in [-0.25, -0.2) is 0 Å². The number of hydrogen-bond donors (Lipinski definition) is 1. The molecule has 0 aromatic carbocycles. The topological polar surface area (TPSA) is 46.2 Å². The quantitative estimate of drug-likeness (QED) is 0.477. The minimum Gasteiger partial charge on any atom is -0.305 e. The summed E-state index contributed by atoms with van der Waals surface area (Å²) in [6.45, 7) is 5.91. The maximum atomic E-state index is 11.0. The standard InChI is InChI=1S/C9H17NO2/c1-4-5-8(9(12)6-11)10-7(2)3/h6-8,10H,4-5H2,1-3H3. The molecular formula is C9H17NO2. The van der Waals surface area contributed by atoms with Gasteiger partial charge in [0, 0.05) is 6.04 Å². The van der Waals surface area contributed by atoms with E-state index in [0.29, 0.717) is 6.29 Å². The molecule has 3 nitrogen and oxygen atoms in total. The molecule has 0 spiro atoms. The number of carbonyl (C=O) groups excluding carboxylic acids is 2. The molecule has 12 heavy (non-hydrogen) atoms. The zero-order chi connectivity index (χ0) is 9.56. The van der Waals surface area contributed by atoms with Crippen LogP contribution in [0, 0.1) is 0 Å². The van der Waals surface area contributed by atoms with Crippen molar-refractivity contribution in [1.29, 1.82) is 0 Å². The van der Waals surface area contributed by atoms with E-state index < -0.39 is 0 Å². The van der Waals surface area contributed by atoms with E-state index in [1.54, 1.807) is 0 Å². The average Bonchev–Trinajstić information content (AvgIpc) is 2.01. The molecule has 0 saturated heterocycles. The van der Waals surface area contributed by atoms with Crippen molar-refractivity contribution in [3.63, 3.8) is 0 Å². The molecule has 0 aliphatic heterocycles. The lowest BCUT2D eigenvalue weighted by Crippen LogP contribution is -2.41. The molecule has 0 radical (unpaired) electrons. The molecule has 0 heterocycles. The maximum absolute atomic E-state index is 11.0. The van der Waals surface area contributed by atoms with Crippen LogP contribution in [0.4, 0.5) is 0 Å². The third-order valence-corrected chi connectivity index (χ3v) is 1.57. The van der Waals surface area contributed by atoms with E-state index in [-0.39, 0.29) is 17.9 Å². The molecule has 0 aliphatic rings. The molecule has 0 aromatic rings. The number of rotatable bonds is 6. The number of ketones is 1. The molecule has 0 saturated carbocycles. The Morgan fingerprint density at radius 1 is 1.50 bits per heavy atom. The van der Waals surface area contributed by atoms with Crippen LogP contribution in [-0.4, -0.2) is 24.2 Å². The predicted octanol–water partition coefficient (Wildman–Crippen LogP) is 0.921. The van der Waals surface area contributed by atoms with Crippen molar-refractivity contribution < 1.29 is 9.59 Å². The van der Waals surface area contributed by atoms with Crippen LogP contribution in [0.2, 0.25) is 0 Å². The Balaban J connectivity index is 4.02. The Labute approximate surface area is 73.5 Å². The molecule has 0 aliphatic carbocycles. The van der Waals surface area contributed by atoms with Gasteiger partial charge in [0.05, 0.1) is 6.04 Å². The molecule has 0 aromatic heterocycles.